The zero-order valence-corrected chi connectivity index (χ0v) is 22.3. The zero-order chi connectivity index (χ0) is 25.9. The fourth-order valence-electron chi connectivity index (χ4n) is 5.79. The largest absolute Gasteiger partial charge is 0.456 e. The van der Waals surface area contributed by atoms with Gasteiger partial charge < -0.3 is 8.98 Å². The molecule has 168 valence electrons. The van der Waals surface area contributed by atoms with Crippen LogP contribution in [0.15, 0.2) is 81.7 Å². The Hall–Kier alpha value is -3.34. The molecule has 0 bridgehead atoms. The molecule has 8 rings (SSSR count). The van der Waals surface area contributed by atoms with Crippen molar-refractivity contribution in [3.63, 3.8) is 0 Å². The van der Waals surface area contributed by atoms with Crippen LogP contribution < -0.4 is 21.9 Å². The van der Waals surface area contributed by atoms with Crippen molar-refractivity contribution >= 4 is 144 Å². The van der Waals surface area contributed by atoms with Gasteiger partial charge in [0, 0.05) is 41.8 Å². The van der Waals surface area contributed by atoms with Crippen molar-refractivity contribution in [2.24, 2.45) is 0 Å². The number of para-hydroxylation sites is 1. The van der Waals surface area contributed by atoms with Gasteiger partial charge in [-0.15, -0.1) is 22.3 Å². The number of benzene rings is 5. The summed E-state index contributed by atoms with van der Waals surface area (Å²) in [6, 6.07) is 25.1. The van der Waals surface area contributed by atoms with E-state index in [1.165, 1.54) is 5.39 Å². The van der Waals surface area contributed by atoms with E-state index in [4.69, 9.17) is 35.8 Å². The van der Waals surface area contributed by atoms with Gasteiger partial charge in [0.05, 0.1) is 15.7 Å². The van der Waals surface area contributed by atoms with Gasteiger partial charge in [0.1, 0.15) is 42.6 Å². The molecule has 0 atom stereocenters. The zero-order valence-electron chi connectivity index (χ0n) is 19.9. The topological polar surface area (TPSA) is 18.1 Å². The van der Waals surface area contributed by atoms with Crippen LogP contribution in [0.5, 0.6) is 0 Å². The third-order valence-corrected chi connectivity index (χ3v) is 9.47. The monoisotopic (exact) mass is 557 g/mol. The fourth-order valence-corrected chi connectivity index (χ4v) is 7.67. The molecule has 0 aliphatic heterocycles. The third kappa shape index (κ3) is 2.82. The van der Waals surface area contributed by atoms with Crippen LogP contribution in [0.2, 0.25) is 0 Å². The van der Waals surface area contributed by atoms with Crippen molar-refractivity contribution < 1.29 is 4.42 Å². The predicted molar refractivity (Wildman–Crippen MR) is 170 cm³/mol. The highest BCUT2D eigenvalue weighted by Crippen LogP contribution is 2.43. The molecule has 0 aliphatic carbocycles. The number of fused-ring (bicyclic) bond motifs is 10. The van der Waals surface area contributed by atoms with Gasteiger partial charge in [-0.25, -0.2) is 0 Å². The fraction of sp³-hybridized carbons (Fsp3) is 0. The van der Waals surface area contributed by atoms with Gasteiger partial charge >= 0.3 is 0 Å². The van der Waals surface area contributed by atoms with E-state index in [1.807, 2.05) is 24.3 Å². The normalized spacial score (nSPS) is 12.2. The van der Waals surface area contributed by atoms with Gasteiger partial charge in [0.2, 0.25) is 0 Å². The van der Waals surface area contributed by atoms with E-state index in [2.05, 4.69) is 69.0 Å². The third-order valence-electron chi connectivity index (χ3n) is 7.56. The first-order valence-corrected chi connectivity index (χ1v) is 13.7. The molecule has 0 N–H and O–H groups in total. The Morgan fingerprint density at radius 2 is 1.42 bits per heavy atom. The van der Waals surface area contributed by atoms with Crippen molar-refractivity contribution in [2.45, 2.75) is 0 Å². The Balaban J connectivity index is 1.57. The summed E-state index contributed by atoms with van der Waals surface area (Å²) in [6.07, 6.45) is 0. The number of furan rings is 1. The first-order chi connectivity index (χ1) is 18.4. The van der Waals surface area contributed by atoms with Crippen LogP contribution in [-0.4, -0.2) is 36.0 Å². The number of nitrogens with zero attached hydrogens (tertiary/aromatic N) is 1. The van der Waals surface area contributed by atoms with Crippen molar-refractivity contribution in [2.75, 3.05) is 0 Å². The maximum Gasteiger partial charge on any atom is 0.136 e. The molecule has 8 heteroatoms. The molecule has 0 saturated heterocycles. The Labute approximate surface area is 235 Å². The Kier molecular flexibility index (Phi) is 4.67. The van der Waals surface area contributed by atoms with Crippen molar-refractivity contribution in [1.82, 2.24) is 4.57 Å². The summed E-state index contributed by atoms with van der Waals surface area (Å²) in [6.45, 7) is 0. The Bertz CT molecular complexity index is 2310. The average Bonchev–Trinajstić information content (AvgIpc) is 3.60. The highest BCUT2D eigenvalue weighted by molar-refractivity contribution is 9.10. The molecule has 0 aliphatic rings. The van der Waals surface area contributed by atoms with E-state index in [0.29, 0.717) is 21.9 Å². The highest BCUT2D eigenvalue weighted by atomic mass is 79.9. The lowest BCUT2D eigenvalue weighted by molar-refractivity contribution is 0.669. The van der Waals surface area contributed by atoms with E-state index < -0.39 is 0 Å². The molecule has 2 nitrogen and oxygen atoms in total. The summed E-state index contributed by atoms with van der Waals surface area (Å²) in [4.78, 5) is 0. The molecule has 0 amide bonds. The van der Waals surface area contributed by atoms with E-state index >= 15 is 0 Å². The van der Waals surface area contributed by atoms with E-state index in [-0.39, 0.29) is 0 Å². The summed E-state index contributed by atoms with van der Waals surface area (Å²) in [5.41, 5.74) is 6.53. The summed E-state index contributed by atoms with van der Waals surface area (Å²) in [7, 11) is 25.4. The number of halogens is 1. The van der Waals surface area contributed by atoms with Gasteiger partial charge in [-0.2, -0.15) is 0 Å². The second kappa shape index (κ2) is 7.84. The second-order valence-electron chi connectivity index (χ2n) is 9.55. The lowest BCUT2D eigenvalue weighted by atomic mass is 9.66. The molecule has 38 heavy (non-hydrogen) atoms. The van der Waals surface area contributed by atoms with Gasteiger partial charge in [-0.05, 0) is 41.8 Å². The number of aromatic nitrogens is 1. The van der Waals surface area contributed by atoms with Gasteiger partial charge in [0.15, 0.2) is 0 Å². The first kappa shape index (κ1) is 22.6. The second-order valence-corrected chi connectivity index (χ2v) is 11.4. The van der Waals surface area contributed by atoms with Crippen molar-refractivity contribution in [3.05, 3.63) is 77.3 Å². The SMILES string of the molecule is [B]c1c([B])c([B])c2c(sc3c2ccc2c4ccccc4n(-c4ccc5oc6cccc(Br)c6c5c4)c23)c1[B]. The lowest BCUT2D eigenvalue weighted by Gasteiger charge is -2.12. The van der Waals surface area contributed by atoms with E-state index in [1.54, 1.807) is 11.3 Å². The van der Waals surface area contributed by atoms with Gasteiger partial charge in [-0.1, -0.05) is 63.3 Å². The summed E-state index contributed by atoms with van der Waals surface area (Å²) < 4.78 is 11.4. The molecule has 3 heterocycles. The molecule has 8 aromatic rings. The van der Waals surface area contributed by atoms with Crippen LogP contribution in [0.3, 0.4) is 0 Å². The van der Waals surface area contributed by atoms with Crippen LogP contribution in [0.1, 0.15) is 0 Å². The minimum Gasteiger partial charge on any atom is -0.456 e. The number of rotatable bonds is 1. The molecular weight excluding hydrogens is 546 g/mol. The molecule has 0 fully saturated rings. The Morgan fingerprint density at radius 3 is 2.29 bits per heavy atom. The van der Waals surface area contributed by atoms with Crippen LogP contribution in [-0.2, 0) is 0 Å². The van der Waals surface area contributed by atoms with Gasteiger partial charge in [-0.3, -0.25) is 0 Å². The van der Waals surface area contributed by atoms with Crippen LogP contribution >= 0.6 is 27.3 Å². The lowest BCUT2D eigenvalue weighted by Crippen LogP contribution is -2.47. The summed E-state index contributed by atoms with van der Waals surface area (Å²) in [5, 5.41) is 6.29. The average molecular weight is 558 g/mol. The smallest absolute Gasteiger partial charge is 0.136 e. The van der Waals surface area contributed by atoms with Gasteiger partial charge in [0.25, 0.3) is 0 Å². The van der Waals surface area contributed by atoms with Crippen molar-refractivity contribution in [3.8, 4) is 5.69 Å². The number of hydrogen-bond acceptors (Lipinski definition) is 2. The maximum absolute atomic E-state index is 6.51. The molecule has 0 unspecified atom stereocenters. The van der Waals surface area contributed by atoms with Crippen LogP contribution in [0.25, 0.3) is 69.6 Å². The Morgan fingerprint density at radius 1 is 0.632 bits per heavy atom. The molecule has 8 radical (unpaired) electrons. The summed E-state index contributed by atoms with van der Waals surface area (Å²) in [5.74, 6) is 0. The standard InChI is InChI=1S/C30H12B4BrNOS/c31-24-23-16-10-9-15-14-4-1-2-6-19(14)36(28(15)29(16)38-30(23)27(34)26(33)25(24)32)13-8-11-20-17(12-13)22-18(35)5-3-7-21(22)37-20/h1-12H. The maximum atomic E-state index is 6.51. The molecule has 0 saturated carbocycles. The summed E-state index contributed by atoms with van der Waals surface area (Å²) >= 11 is 5.32. The minimum atomic E-state index is 0.332. The predicted octanol–water partition coefficient (Wildman–Crippen LogP) is 4.99. The molecule has 3 aromatic heterocycles. The minimum absolute atomic E-state index is 0.332. The molecular formula is C30H12B4BrNOS. The first-order valence-electron chi connectivity index (χ1n) is 12.1. The van der Waals surface area contributed by atoms with Crippen molar-refractivity contribution in [1.29, 1.82) is 0 Å². The number of thiophene rings is 1. The number of hydrogen-bond donors (Lipinski definition) is 0. The molecule has 0 spiro atoms. The van der Waals surface area contributed by atoms with E-state index in [9.17, 15) is 0 Å². The molecule has 5 aromatic carbocycles. The van der Waals surface area contributed by atoms with Crippen LogP contribution in [0.4, 0.5) is 0 Å². The highest BCUT2D eigenvalue weighted by Gasteiger charge is 2.21. The quantitative estimate of drug-likeness (QED) is 0.260. The van der Waals surface area contributed by atoms with Crippen LogP contribution in [0, 0.1) is 0 Å². The van der Waals surface area contributed by atoms with E-state index in [0.717, 1.165) is 68.7 Å².